The van der Waals surface area contributed by atoms with Crippen molar-refractivity contribution < 1.29 is 9.18 Å². The minimum Gasteiger partial charge on any atom is -0.348 e. The molecule has 6 rings (SSSR count). The molecule has 7 nitrogen and oxygen atoms in total. The first kappa shape index (κ1) is 17.3. The number of fused-ring (bicyclic) bond motifs is 3. The summed E-state index contributed by atoms with van der Waals surface area (Å²) < 4.78 is 16.5. The molecule has 0 fully saturated rings. The highest BCUT2D eigenvalue weighted by molar-refractivity contribution is 7.18. The molecule has 5 heterocycles. The van der Waals surface area contributed by atoms with E-state index in [4.69, 9.17) is 0 Å². The molecule has 30 heavy (non-hydrogen) atoms. The third kappa shape index (κ3) is 2.48. The fraction of sp³-hybridized carbons (Fsp3) is 0.143. The van der Waals surface area contributed by atoms with Gasteiger partial charge in [-0.2, -0.15) is 5.10 Å². The average molecular weight is 418 g/mol. The van der Waals surface area contributed by atoms with Crippen LogP contribution in [0.5, 0.6) is 0 Å². The normalized spacial score (nSPS) is 16.3. The molecular formula is C21H15FN6OS. The van der Waals surface area contributed by atoms with E-state index >= 15 is 0 Å². The molecule has 1 N–H and O–H groups in total. The van der Waals surface area contributed by atoms with E-state index in [9.17, 15) is 9.18 Å². The van der Waals surface area contributed by atoms with Crippen molar-refractivity contribution in [3.63, 3.8) is 0 Å². The molecular weight excluding hydrogens is 403 g/mol. The molecule has 0 saturated carbocycles. The zero-order valence-corrected chi connectivity index (χ0v) is 16.4. The predicted octanol–water partition coefficient (Wildman–Crippen LogP) is 3.59. The number of hydrogen-bond acceptors (Lipinski definition) is 5. The number of aromatic amines is 1. The van der Waals surface area contributed by atoms with E-state index in [0.717, 1.165) is 16.9 Å². The molecule has 1 amide bonds. The Bertz CT molecular complexity index is 1420. The summed E-state index contributed by atoms with van der Waals surface area (Å²) in [5.41, 5.74) is 3.58. The van der Waals surface area contributed by atoms with Gasteiger partial charge in [0.2, 0.25) is 0 Å². The Hall–Kier alpha value is -3.59. The van der Waals surface area contributed by atoms with Crippen LogP contribution in [0.2, 0.25) is 0 Å². The molecule has 0 radical (unpaired) electrons. The van der Waals surface area contributed by atoms with Crippen molar-refractivity contribution in [2.45, 2.75) is 12.5 Å². The number of benzene rings is 1. The van der Waals surface area contributed by atoms with E-state index in [2.05, 4.69) is 20.1 Å². The number of nitrogens with zero attached hydrogens (tertiary/aromatic N) is 5. The van der Waals surface area contributed by atoms with Crippen LogP contribution >= 0.6 is 11.3 Å². The zero-order valence-electron chi connectivity index (χ0n) is 15.6. The lowest BCUT2D eigenvalue weighted by molar-refractivity contribution is 0.0692. The van der Waals surface area contributed by atoms with Gasteiger partial charge in [-0.25, -0.2) is 18.9 Å². The third-order valence-electron chi connectivity index (χ3n) is 5.46. The Morgan fingerprint density at radius 2 is 2.17 bits per heavy atom. The molecule has 1 aliphatic rings. The minimum atomic E-state index is -0.483. The SMILES string of the molecule is O=C(c1cnn2ccccc12)N1CCc2[nH]cnc2[C@H]1c1nc2cccc(F)c2s1. The molecule has 0 spiro atoms. The van der Waals surface area contributed by atoms with E-state index in [-0.39, 0.29) is 11.7 Å². The van der Waals surface area contributed by atoms with Crippen LogP contribution in [-0.2, 0) is 6.42 Å². The van der Waals surface area contributed by atoms with E-state index in [1.807, 2.05) is 24.4 Å². The van der Waals surface area contributed by atoms with Gasteiger partial charge in [0.25, 0.3) is 5.91 Å². The molecule has 0 bridgehead atoms. The predicted molar refractivity (Wildman–Crippen MR) is 110 cm³/mol. The summed E-state index contributed by atoms with van der Waals surface area (Å²) in [6, 6.07) is 9.98. The van der Waals surface area contributed by atoms with Gasteiger partial charge in [-0.05, 0) is 24.3 Å². The Morgan fingerprint density at radius 1 is 1.23 bits per heavy atom. The maximum absolute atomic E-state index is 14.3. The van der Waals surface area contributed by atoms with Crippen molar-refractivity contribution in [3.05, 3.63) is 82.9 Å². The highest BCUT2D eigenvalue weighted by Crippen LogP contribution is 2.39. The van der Waals surface area contributed by atoms with Crippen molar-refractivity contribution in [1.29, 1.82) is 0 Å². The number of rotatable bonds is 2. The van der Waals surface area contributed by atoms with Gasteiger partial charge in [0.1, 0.15) is 16.9 Å². The van der Waals surface area contributed by atoms with E-state index in [1.54, 1.807) is 34.1 Å². The van der Waals surface area contributed by atoms with Crippen LogP contribution in [0.1, 0.15) is 32.8 Å². The van der Waals surface area contributed by atoms with Crippen LogP contribution in [-0.4, -0.2) is 41.9 Å². The first-order valence-corrected chi connectivity index (χ1v) is 10.3. The Labute approximate surface area is 173 Å². The lowest BCUT2D eigenvalue weighted by atomic mass is 10.0. The Kier molecular flexibility index (Phi) is 3.72. The average Bonchev–Trinajstić information content (AvgIpc) is 3.50. The maximum Gasteiger partial charge on any atom is 0.258 e. The first-order valence-electron chi connectivity index (χ1n) is 9.51. The summed E-state index contributed by atoms with van der Waals surface area (Å²) in [4.78, 5) is 27.7. The number of amides is 1. The van der Waals surface area contributed by atoms with Crippen molar-refractivity contribution >= 4 is 33.0 Å². The van der Waals surface area contributed by atoms with Crippen LogP contribution in [0, 0.1) is 5.82 Å². The number of pyridine rings is 1. The third-order valence-corrected chi connectivity index (χ3v) is 6.59. The number of imidazole rings is 1. The fourth-order valence-electron chi connectivity index (χ4n) is 4.05. The van der Waals surface area contributed by atoms with Crippen molar-refractivity contribution in [2.24, 2.45) is 0 Å². The van der Waals surface area contributed by atoms with Crippen molar-refractivity contribution in [2.75, 3.05) is 6.54 Å². The van der Waals surface area contributed by atoms with Gasteiger partial charge >= 0.3 is 0 Å². The number of halogens is 1. The highest BCUT2D eigenvalue weighted by atomic mass is 32.1. The summed E-state index contributed by atoms with van der Waals surface area (Å²) in [5, 5.41) is 4.94. The largest absolute Gasteiger partial charge is 0.348 e. The molecule has 148 valence electrons. The topological polar surface area (TPSA) is 79.2 Å². The summed E-state index contributed by atoms with van der Waals surface area (Å²) in [5.74, 6) is -0.454. The van der Waals surface area contributed by atoms with E-state index < -0.39 is 6.04 Å². The Balaban J connectivity index is 1.50. The summed E-state index contributed by atoms with van der Waals surface area (Å²) in [7, 11) is 0. The Morgan fingerprint density at radius 3 is 3.07 bits per heavy atom. The number of hydrogen-bond donors (Lipinski definition) is 1. The minimum absolute atomic E-state index is 0.144. The molecule has 5 aromatic rings. The standard InChI is InChI=1S/C21H15FN6OS/c22-13-4-3-5-15-19(13)30-20(26-15)18-17-14(23-11-24-17)7-9-27(18)21(29)12-10-25-28-8-2-1-6-16(12)28/h1-6,8,10-11,18H,7,9H2,(H,23,24)/t18-/m0/s1. The molecule has 9 heteroatoms. The number of nitrogens with one attached hydrogen (secondary N) is 1. The first-order chi connectivity index (χ1) is 14.7. The fourth-order valence-corrected chi connectivity index (χ4v) is 5.14. The quantitative estimate of drug-likeness (QED) is 0.475. The lowest BCUT2D eigenvalue weighted by Crippen LogP contribution is -2.40. The second-order valence-electron chi connectivity index (χ2n) is 7.15. The second-order valence-corrected chi connectivity index (χ2v) is 8.18. The number of carbonyl (C=O) groups is 1. The molecule has 0 unspecified atom stereocenters. The molecule has 1 aliphatic heterocycles. The summed E-state index contributed by atoms with van der Waals surface area (Å²) in [6.45, 7) is 0.501. The van der Waals surface area contributed by atoms with Gasteiger partial charge in [-0.15, -0.1) is 11.3 Å². The number of thiazole rings is 1. The van der Waals surface area contributed by atoms with E-state index in [1.165, 1.54) is 17.4 Å². The van der Waals surface area contributed by atoms with Gasteiger partial charge in [-0.3, -0.25) is 4.79 Å². The van der Waals surface area contributed by atoms with Crippen molar-refractivity contribution in [3.8, 4) is 0 Å². The monoisotopic (exact) mass is 418 g/mol. The van der Waals surface area contributed by atoms with Crippen LogP contribution in [0.4, 0.5) is 4.39 Å². The van der Waals surface area contributed by atoms with Crippen LogP contribution in [0.15, 0.2) is 55.1 Å². The van der Waals surface area contributed by atoms with Crippen molar-refractivity contribution in [1.82, 2.24) is 29.5 Å². The number of aromatic nitrogens is 5. The van der Waals surface area contributed by atoms with E-state index in [0.29, 0.717) is 33.8 Å². The summed E-state index contributed by atoms with van der Waals surface area (Å²) >= 11 is 1.26. The van der Waals surface area contributed by atoms with Crippen LogP contribution in [0.3, 0.4) is 0 Å². The smallest absolute Gasteiger partial charge is 0.258 e. The molecule has 0 aliphatic carbocycles. The van der Waals surface area contributed by atoms with Crippen LogP contribution < -0.4 is 0 Å². The highest BCUT2D eigenvalue weighted by Gasteiger charge is 2.37. The van der Waals surface area contributed by atoms with Gasteiger partial charge in [0, 0.05) is 24.9 Å². The second kappa shape index (κ2) is 6.46. The number of carbonyl (C=O) groups excluding carboxylic acids is 1. The molecule has 4 aromatic heterocycles. The van der Waals surface area contributed by atoms with Gasteiger partial charge in [0.15, 0.2) is 0 Å². The maximum atomic E-state index is 14.3. The molecule has 0 saturated heterocycles. The molecule has 1 atom stereocenters. The van der Waals surface area contributed by atoms with Gasteiger partial charge in [-0.1, -0.05) is 12.1 Å². The molecule has 1 aromatic carbocycles. The van der Waals surface area contributed by atoms with Gasteiger partial charge in [0.05, 0.1) is 39.5 Å². The zero-order chi connectivity index (χ0) is 20.2. The number of H-pyrrole nitrogens is 1. The lowest BCUT2D eigenvalue weighted by Gasteiger charge is -2.33. The van der Waals surface area contributed by atoms with Gasteiger partial charge < -0.3 is 9.88 Å². The summed E-state index contributed by atoms with van der Waals surface area (Å²) in [6.07, 6.45) is 5.69. The van der Waals surface area contributed by atoms with Crippen LogP contribution in [0.25, 0.3) is 15.7 Å².